The third kappa shape index (κ3) is 3.74. The Hall–Kier alpha value is -1.85. The molecule has 6 heteroatoms. The number of aromatic nitrogens is 2. The molecule has 0 radical (unpaired) electrons. The van der Waals surface area contributed by atoms with E-state index in [2.05, 4.69) is 14.9 Å². The average Bonchev–Trinajstić information content (AvgIpc) is 3.07. The third-order valence-corrected chi connectivity index (χ3v) is 4.47. The lowest BCUT2D eigenvalue weighted by atomic mass is 9.89. The number of hydrogen-bond acceptors (Lipinski definition) is 4. The normalized spacial score (nSPS) is 18.8. The van der Waals surface area contributed by atoms with Crippen LogP contribution < -0.4 is 4.74 Å². The Bertz CT molecular complexity index is 672. The number of halogens is 1. The van der Waals surface area contributed by atoms with E-state index in [1.54, 1.807) is 31.5 Å². The first kappa shape index (κ1) is 16.0. The molecule has 1 N–H and O–H groups in total. The lowest BCUT2D eigenvalue weighted by molar-refractivity contribution is 0.0805. The lowest BCUT2D eigenvalue weighted by Gasteiger charge is -2.31. The summed E-state index contributed by atoms with van der Waals surface area (Å²) in [6.45, 7) is 2.45. The number of nitrogens with zero attached hydrogens (tertiary/aromatic N) is 2. The summed E-state index contributed by atoms with van der Waals surface area (Å²) in [5.74, 6) is 1.58. The van der Waals surface area contributed by atoms with E-state index < -0.39 is 0 Å². The van der Waals surface area contributed by atoms with Crippen molar-refractivity contribution in [2.75, 3.05) is 20.2 Å². The summed E-state index contributed by atoms with van der Waals surface area (Å²) in [4.78, 5) is 22.5. The highest BCUT2D eigenvalue weighted by Crippen LogP contribution is 2.28. The Morgan fingerprint density at radius 1 is 1.52 bits per heavy atom. The summed E-state index contributed by atoms with van der Waals surface area (Å²) in [7, 11) is 1.57. The molecule has 1 fully saturated rings. The first-order valence-electron chi connectivity index (χ1n) is 7.75. The maximum atomic E-state index is 12.9. The van der Waals surface area contributed by atoms with Crippen molar-refractivity contribution in [1.82, 2.24) is 14.9 Å². The largest absolute Gasteiger partial charge is 0.496 e. The van der Waals surface area contributed by atoms with E-state index in [-0.39, 0.29) is 11.7 Å². The Kier molecular flexibility index (Phi) is 4.98. The van der Waals surface area contributed by atoms with Crippen molar-refractivity contribution in [1.29, 1.82) is 0 Å². The molecule has 0 aliphatic carbocycles. The van der Waals surface area contributed by atoms with Crippen LogP contribution in [0.15, 0.2) is 30.6 Å². The number of ketones is 1. The molecular weight excluding hydrogens is 314 g/mol. The van der Waals surface area contributed by atoms with Gasteiger partial charge in [-0.25, -0.2) is 4.98 Å². The van der Waals surface area contributed by atoms with Crippen LogP contribution in [0.1, 0.15) is 29.0 Å². The first-order valence-corrected chi connectivity index (χ1v) is 8.13. The van der Waals surface area contributed by atoms with Crippen LogP contribution >= 0.6 is 11.6 Å². The van der Waals surface area contributed by atoms with Crippen LogP contribution in [0.2, 0.25) is 5.02 Å². The fraction of sp³-hybridized carbons (Fsp3) is 0.412. The standard InChI is InChI=1S/C17H20ClN3O2/c1-23-15-5-4-13(18)9-14(15)17(22)12-3-2-8-21(10-12)11-16-19-6-7-20-16/h4-7,9,12H,2-3,8,10-11H2,1H3,(H,19,20). The zero-order valence-electron chi connectivity index (χ0n) is 13.1. The number of ether oxygens (including phenoxy) is 1. The van der Waals surface area contributed by atoms with Gasteiger partial charge in [0, 0.05) is 29.9 Å². The summed E-state index contributed by atoms with van der Waals surface area (Å²) in [5, 5.41) is 0.553. The number of carbonyl (C=O) groups excluding carboxylic acids is 1. The molecule has 0 spiro atoms. The molecule has 23 heavy (non-hydrogen) atoms. The molecule has 2 aromatic rings. The molecule has 5 nitrogen and oxygen atoms in total. The topological polar surface area (TPSA) is 58.2 Å². The molecule has 1 atom stereocenters. The van der Waals surface area contributed by atoms with E-state index in [4.69, 9.17) is 16.3 Å². The summed E-state index contributed by atoms with van der Waals surface area (Å²) < 4.78 is 5.32. The zero-order valence-corrected chi connectivity index (χ0v) is 13.8. The SMILES string of the molecule is COc1ccc(Cl)cc1C(=O)C1CCCN(Cc2ncc[nH]2)C1. The van der Waals surface area contributed by atoms with E-state index in [0.717, 1.165) is 38.3 Å². The molecule has 1 aliphatic rings. The summed E-state index contributed by atoms with van der Waals surface area (Å²) >= 11 is 6.05. The summed E-state index contributed by atoms with van der Waals surface area (Å²) in [5.41, 5.74) is 0.574. The highest BCUT2D eigenvalue weighted by molar-refractivity contribution is 6.31. The number of imidazole rings is 1. The minimum Gasteiger partial charge on any atom is -0.496 e. The van der Waals surface area contributed by atoms with Crippen molar-refractivity contribution in [2.24, 2.45) is 5.92 Å². The van der Waals surface area contributed by atoms with Crippen LogP contribution in [-0.4, -0.2) is 40.9 Å². The molecule has 0 bridgehead atoms. The number of rotatable bonds is 5. The van der Waals surface area contributed by atoms with Gasteiger partial charge in [-0.05, 0) is 37.6 Å². The molecule has 0 amide bonds. The molecular formula is C17H20ClN3O2. The molecule has 1 aromatic carbocycles. The number of H-pyrrole nitrogens is 1. The number of Topliss-reactive ketones (excluding diaryl/α,β-unsaturated/α-hetero) is 1. The number of likely N-dealkylation sites (tertiary alicyclic amines) is 1. The van der Waals surface area contributed by atoms with Crippen molar-refractivity contribution < 1.29 is 9.53 Å². The third-order valence-electron chi connectivity index (χ3n) is 4.23. The monoisotopic (exact) mass is 333 g/mol. The van der Waals surface area contributed by atoms with Gasteiger partial charge in [0.25, 0.3) is 0 Å². The van der Waals surface area contributed by atoms with Gasteiger partial charge in [-0.15, -0.1) is 0 Å². The Morgan fingerprint density at radius 3 is 3.13 bits per heavy atom. The van der Waals surface area contributed by atoms with Crippen LogP contribution in [0.25, 0.3) is 0 Å². The lowest BCUT2D eigenvalue weighted by Crippen LogP contribution is -2.38. The molecule has 122 valence electrons. The van der Waals surface area contributed by atoms with Gasteiger partial charge in [0.05, 0.1) is 19.2 Å². The molecule has 1 aliphatic heterocycles. The van der Waals surface area contributed by atoms with E-state index in [9.17, 15) is 4.79 Å². The van der Waals surface area contributed by atoms with Crippen molar-refractivity contribution in [3.63, 3.8) is 0 Å². The van der Waals surface area contributed by atoms with Crippen LogP contribution in [0.4, 0.5) is 0 Å². The maximum Gasteiger partial charge on any atom is 0.170 e. The highest BCUT2D eigenvalue weighted by Gasteiger charge is 2.28. The molecule has 1 aromatic heterocycles. The maximum absolute atomic E-state index is 12.9. The fourth-order valence-electron chi connectivity index (χ4n) is 3.10. The first-order chi connectivity index (χ1) is 11.2. The van der Waals surface area contributed by atoms with E-state index in [0.29, 0.717) is 16.3 Å². The van der Waals surface area contributed by atoms with Crippen LogP contribution in [0, 0.1) is 5.92 Å². The molecule has 1 unspecified atom stereocenters. The van der Waals surface area contributed by atoms with Crippen LogP contribution in [0.3, 0.4) is 0 Å². The minimum atomic E-state index is -0.0360. The quantitative estimate of drug-likeness (QED) is 0.854. The molecule has 1 saturated heterocycles. The number of piperidine rings is 1. The van der Waals surface area contributed by atoms with Crippen LogP contribution in [0.5, 0.6) is 5.75 Å². The van der Waals surface area contributed by atoms with E-state index >= 15 is 0 Å². The Labute approximate surface area is 140 Å². The highest BCUT2D eigenvalue weighted by atomic mass is 35.5. The molecule has 0 saturated carbocycles. The van der Waals surface area contributed by atoms with Gasteiger partial charge in [-0.3, -0.25) is 9.69 Å². The smallest absolute Gasteiger partial charge is 0.170 e. The van der Waals surface area contributed by atoms with Gasteiger partial charge in [-0.1, -0.05) is 11.6 Å². The van der Waals surface area contributed by atoms with Gasteiger partial charge < -0.3 is 9.72 Å². The fourth-order valence-corrected chi connectivity index (χ4v) is 3.27. The van der Waals surface area contributed by atoms with Gasteiger partial charge >= 0.3 is 0 Å². The summed E-state index contributed by atoms with van der Waals surface area (Å²) in [6, 6.07) is 5.19. The van der Waals surface area contributed by atoms with Crippen molar-refractivity contribution in [2.45, 2.75) is 19.4 Å². The van der Waals surface area contributed by atoms with E-state index in [1.165, 1.54) is 0 Å². The number of aromatic amines is 1. The number of benzene rings is 1. The second kappa shape index (κ2) is 7.15. The average molecular weight is 334 g/mol. The minimum absolute atomic E-state index is 0.0360. The Balaban J connectivity index is 1.73. The number of nitrogens with one attached hydrogen (secondary N) is 1. The van der Waals surface area contributed by atoms with Crippen LogP contribution in [-0.2, 0) is 6.54 Å². The molecule has 2 heterocycles. The van der Waals surface area contributed by atoms with E-state index in [1.807, 2.05) is 6.20 Å². The van der Waals surface area contributed by atoms with Gasteiger partial charge in [0.1, 0.15) is 11.6 Å². The summed E-state index contributed by atoms with van der Waals surface area (Å²) in [6.07, 6.45) is 5.46. The number of methoxy groups -OCH3 is 1. The van der Waals surface area contributed by atoms with Gasteiger partial charge in [0.2, 0.25) is 0 Å². The number of carbonyl (C=O) groups is 1. The van der Waals surface area contributed by atoms with Crippen molar-refractivity contribution in [3.8, 4) is 5.75 Å². The van der Waals surface area contributed by atoms with Gasteiger partial charge in [-0.2, -0.15) is 0 Å². The second-order valence-electron chi connectivity index (χ2n) is 5.82. The van der Waals surface area contributed by atoms with Gasteiger partial charge in [0.15, 0.2) is 5.78 Å². The van der Waals surface area contributed by atoms with Crippen molar-refractivity contribution in [3.05, 3.63) is 47.0 Å². The Morgan fingerprint density at radius 2 is 2.39 bits per heavy atom. The zero-order chi connectivity index (χ0) is 16.2. The molecule has 3 rings (SSSR count). The van der Waals surface area contributed by atoms with Crippen molar-refractivity contribution >= 4 is 17.4 Å². The number of hydrogen-bond donors (Lipinski definition) is 1. The predicted octanol–water partition coefficient (Wildman–Crippen LogP) is 3.17. The predicted molar refractivity (Wildman–Crippen MR) is 88.9 cm³/mol. The second-order valence-corrected chi connectivity index (χ2v) is 6.26.